The fourth-order valence-corrected chi connectivity index (χ4v) is 0.655. The van der Waals surface area contributed by atoms with Crippen molar-refractivity contribution in [2.24, 2.45) is 0 Å². The minimum atomic E-state index is -1.92. The summed E-state index contributed by atoms with van der Waals surface area (Å²) in [6.45, 7) is 0. The molecule has 0 aromatic rings. The third kappa shape index (κ3) is 9.10. The minimum absolute atomic E-state index is 0. The zero-order chi connectivity index (χ0) is 10.3. The molecule has 1 rings (SSSR count). The number of esters is 1. The van der Waals surface area contributed by atoms with Gasteiger partial charge >= 0.3 is 42.6 Å². The summed E-state index contributed by atoms with van der Waals surface area (Å²) in [5.41, 5.74) is 0.539. The van der Waals surface area contributed by atoms with Crippen molar-refractivity contribution in [1.82, 2.24) is 0 Å². The van der Waals surface area contributed by atoms with Crippen molar-refractivity contribution in [2.45, 2.75) is 6.42 Å². The van der Waals surface area contributed by atoms with Gasteiger partial charge in [0, 0.05) is 0 Å². The van der Waals surface area contributed by atoms with E-state index in [2.05, 4.69) is 10.8 Å². The third-order valence-electron chi connectivity index (χ3n) is 1.10. The Kier molecular flexibility index (Phi) is 12.2. The van der Waals surface area contributed by atoms with Gasteiger partial charge in [-0.25, -0.2) is 0 Å². The number of rotatable bonds is 1. The summed E-state index contributed by atoms with van der Waals surface area (Å²) in [6, 6.07) is 0. The standard InChI is InChI=1S/C7H7O2.CH3.3ClH.Ti/c1-9-7(8)6-4-2-3-5-6;;;;;/h2,4H,3H2,1H3;1H3;3*1H;/q2*-1;;;;+3/p-3. The van der Waals surface area contributed by atoms with Crippen molar-refractivity contribution < 1.29 is 24.2 Å². The van der Waals surface area contributed by atoms with Gasteiger partial charge < -0.3 is 17.0 Å². The van der Waals surface area contributed by atoms with E-state index in [-0.39, 0.29) is 13.4 Å². The van der Waals surface area contributed by atoms with Crippen LogP contribution in [0.2, 0.25) is 0 Å². The number of carbonyl (C=O) groups is 1. The second-order valence-electron chi connectivity index (χ2n) is 1.90. The first-order valence-electron chi connectivity index (χ1n) is 3.27. The summed E-state index contributed by atoms with van der Waals surface area (Å²) in [7, 11) is 16.3. The van der Waals surface area contributed by atoms with Gasteiger partial charge in [-0.1, -0.05) is 6.42 Å². The van der Waals surface area contributed by atoms with E-state index in [1.807, 2.05) is 6.08 Å². The number of allylic oxidation sites excluding steroid dienone is 2. The van der Waals surface area contributed by atoms with E-state index in [1.165, 1.54) is 7.11 Å². The molecule has 0 N–H and O–H groups in total. The maximum absolute atomic E-state index is 10.6. The number of carbonyl (C=O) groups excluding carboxylic acids is 1. The molecule has 0 aromatic carbocycles. The quantitative estimate of drug-likeness (QED) is 0.421. The summed E-state index contributed by atoms with van der Waals surface area (Å²) < 4.78 is 4.44. The molecule has 2 nitrogen and oxygen atoms in total. The van der Waals surface area contributed by atoms with Gasteiger partial charge in [0.2, 0.25) is 5.97 Å². The van der Waals surface area contributed by atoms with Gasteiger partial charge in [0.1, 0.15) is 0 Å². The van der Waals surface area contributed by atoms with Crippen LogP contribution in [0.1, 0.15) is 6.42 Å². The van der Waals surface area contributed by atoms with Crippen molar-refractivity contribution >= 4 is 33.9 Å². The van der Waals surface area contributed by atoms with E-state index < -0.39 is 14.7 Å². The van der Waals surface area contributed by atoms with Crippen molar-refractivity contribution in [1.29, 1.82) is 0 Å². The molecule has 1 aliphatic rings. The Balaban J connectivity index is 0. The molecule has 0 fully saturated rings. The average molecular weight is 292 g/mol. The average Bonchev–Trinajstić information content (AvgIpc) is 2.54. The van der Waals surface area contributed by atoms with Crippen LogP contribution in [0.25, 0.3) is 0 Å². The second kappa shape index (κ2) is 10.1. The Labute approximate surface area is 102 Å². The van der Waals surface area contributed by atoms with Crippen LogP contribution in [0.3, 0.4) is 0 Å². The second-order valence-corrected chi connectivity index (χ2v) is 9.64. The van der Waals surface area contributed by atoms with Crippen LogP contribution in [0, 0.1) is 13.5 Å². The molecule has 0 atom stereocenters. The number of ether oxygens (including phenoxy) is 1. The number of halogens is 3. The number of methoxy groups -OCH3 is 1. The van der Waals surface area contributed by atoms with E-state index in [0.29, 0.717) is 5.57 Å². The van der Waals surface area contributed by atoms with E-state index in [0.717, 1.165) is 6.42 Å². The molecular weight excluding hydrogens is 282 g/mol. The van der Waals surface area contributed by atoms with Crippen LogP contribution in [0.15, 0.2) is 17.7 Å². The van der Waals surface area contributed by atoms with Gasteiger partial charge in [-0.15, -0.1) is 11.6 Å². The normalized spacial score (nSPS) is 11.9. The molecule has 0 aliphatic heterocycles. The summed E-state index contributed by atoms with van der Waals surface area (Å²) in [5.74, 6) is -0.302. The molecule has 0 heterocycles. The van der Waals surface area contributed by atoms with Crippen molar-refractivity contribution in [3.63, 3.8) is 0 Å². The van der Waals surface area contributed by atoms with E-state index in [9.17, 15) is 4.79 Å². The van der Waals surface area contributed by atoms with Crippen LogP contribution in [-0.4, -0.2) is 13.1 Å². The molecule has 14 heavy (non-hydrogen) atoms. The Bertz CT molecular complexity index is 224. The van der Waals surface area contributed by atoms with Gasteiger partial charge in [-0.3, -0.25) is 0 Å². The van der Waals surface area contributed by atoms with Gasteiger partial charge in [-0.05, 0) is 0 Å². The molecule has 0 spiro atoms. The van der Waals surface area contributed by atoms with Crippen molar-refractivity contribution in [2.75, 3.05) is 7.11 Å². The van der Waals surface area contributed by atoms with Gasteiger partial charge in [0.05, 0.1) is 7.11 Å². The Morgan fingerprint density at radius 1 is 1.57 bits per heavy atom. The number of hydrogen-bond acceptors (Lipinski definition) is 2. The topological polar surface area (TPSA) is 26.3 Å². The molecule has 81 valence electrons. The van der Waals surface area contributed by atoms with Crippen LogP contribution in [0.5, 0.6) is 0 Å². The van der Waals surface area contributed by atoms with Crippen LogP contribution in [0.4, 0.5) is 0 Å². The van der Waals surface area contributed by atoms with E-state index >= 15 is 0 Å². The van der Waals surface area contributed by atoms with Crippen LogP contribution < -0.4 is 0 Å². The van der Waals surface area contributed by atoms with E-state index in [1.54, 1.807) is 6.08 Å². The van der Waals surface area contributed by atoms with Gasteiger partial charge in [-0.2, -0.15) is 12.2 Å². The Morgan fingerprint density at radius 3 is 2.36 bits per heavy atom. The van der Waals surface area contributed by atoms with E-state index in [4.69, 9.17) is 27.9 Å². The zero-order valence-corrected chi connectivity index (χ0v) is 11.6. The molecule has 6 heteroatoms. The SMILES string of the molecule is COC(=O)C1=[C-]CC=C1.[CH3-].[Cl][Ti]([Cl])[Cl]. The fourth-order valence-electron chi connectivity index (χ4n) is 0.655. The van der Waals surface area contributed by atoms with Gasteiger partial charge in [0.15, 0.2) is 0 Å². The summed E-state index contributed by atoms with van der Waals surface area (Å²) in [4.78, 5) is 10.6. The molecular formula is C8H10Cl3O2Ti-2. The predicted octanol–water partition coefficient (Wildman–Crippen LogP) is 3.37. The Hall–Kier alpha value is 0.534. The molecule has 0 saturated heterocycles. The summed E-state index contributed by atoms with van der Waals surface area (Å²) >= 11 is -1.92. The monoisotopic (exact) mass is 291 g/mol. The first kappa shape index (κ1) is 16.9. The first-order valence-corrected chi connectivity index (χ1v) is 9.71. The molecule has 1 aliphatic carbocycles. The van der Waals surface area contributed by atoms with Crippen LogP contribution >= 0.6 is 27.9 Å². The first-order chi connectivity index (χ1) is 6.07. The van der Waals surface area contributed by atoms with Crippen LogP contribution in [-0.2, 0) is 24.2 Å². The molecule has 0 radical (unpaired) electrons. The predicted molar refractivity (Wildman–Crippen MR) is 56.5 cm³/mol. The van der Waals surface area contributed by atoms with Crippen molar-refractivity contribution in [3.05, 3.63) is 31.2 Å². The molecule has 0 aromatic heterocycles. The maximum atomic E-state index is 10.6. The zero-order valence-electron chi connectivity index (χ0n) is 7.81. The fraction of sp³-hybridized carbons (Fsp3) is 0.250. The molecule has 0 unspecified atom stereocenters. The molecule has 0 bridgehead atoms. The van der Waals surface area contributed by atoms with Gasteiger partial charge in [0.25, 0.3) is 0 Å². The summed E-state index contributed by atoms with van der Waals surface area (Å²) in [6.07, 6.45) is 7.15. The number of hydrogen-bond donors (Lipinski definition) is 0. The molecule has 0 saturated carbocycles. The Morgan fingerprint density at radius 2 is 2.07 bits per heavy atom. The van der Waals surface area contributed by atoms with Crippen molar-refractivity contribution in [3.8, 4) is 0 Å². The molecule has 0 amide bonds. The third-order valence-corrected chi connectivity index (χ3v) is 1.10. The summed E-state index contributed by atoms with van der Waals surface area (Å²) in [5, 5.41) is 0.